The zero-order valence-electron chi connectivity index (χ0n) is 10.5. The number of H-pyrrole nitrogens is 2. The van der Waals surface area contributed by atoms with Crippen molar-refractivity contribution in [1.29, 1.82) is 0 Å². The van der Waals surface area contributed by atoms with Crippen LogP contribution in [0.4, 0.5) is 5.95 Å². The van der Waals surface area contributed by atoms with E-state index >= 15 is 0 Å². The Balaban J connectivity index is 2.01. The number of ether oxygens (including phenoxy) is 1. The summed E-state index contributed by atoms with van der Waals surface area (Å²) >= 11 is 0. The highest BCUT2D eigenvalue weighted by molar-refractivity contribution is 5.88. The summed E-state index contributed by atoms with van der Waals surface area (Å²) in [5.41, 5.74) is -1.19. The minimum absolute atomic E-state index is 0.107. The zero-order chi connectivity index (χ0) is 14.5. The maximum absolute atomic E-state index is 11.7. The number of nitrogens with zero attached hydrogens (tertiary/aromatic N) is 3. The Morgan fingerprint density at radius 3 is 3.00 bits per heavy atom. The van der Waals surface area contributed by atoms with Gasteiger partial charge in [0.25, 0.3) is 5.56 Å². The highest BCUT2D eigenvalue weighted by atomic mass is 16.5. The maximum Gasteiger partial charge on any atom is 0.337 e. The van der Waals surface area contributed by atoms with Crippen LogP contribution in [0.1, 0.15) is 6.92 Å². The van der Waals surface area contributed by atoms with Gasteiger partial charge in [-0.05, 0) is 6.92 Å². The van der Waals surface area contributed by atoms with E-state index in [9.17, 15) is 14.4 Å². The van der Waals surface area contributed by atoms with Gasteiger partial charge in [0.1, 0.15) is 6.54 Å². The van der Waals surface area contributed by atoms with Crippen LogP contribution in [0.3, 0.4) is 0 Å². The van der Waals surface area contributed by atoms with Crippen molar-refractivity contribution in [3.05, 3.63) is 33.1 Å². The Bertz CT molecular complexity index is 715. The second-order valence-corrected chi connectivity index (χ2v) is 3.69. The Morgan fingerprint density at radius 1 is 1.50 bits per heavy atom. The summed E-state index contributed by atoms with van der Waals surface area (Å²) < 4.78 is 6.07. The Kier molecular flexibility index (Phi) is 3.93. The lowest BCUT2D eigenvalue weighted by molar-refractivity contribution is -0.116. The molecule has 0 aliphatic carbocycles. The van der Waals surface area contributed by atoms with E-state index in [2.05, 4.69) is 20.5 Å². The highest BCUT2D eigenvalue weighted by Crippen LogP contribution is 2.05. The van der Waals surface area contributed by atoms with Crippen molar-refractivity contribution in [2.75, 3.05) is 11.9 Å². The van der Waals surface area contributed by atoms with Gasteiger partial charge in [-0.3, -0.25) is 24.5 Å². The molecule has 0 radical (unpaired) electrons. The summed E-state index contributed by atoms with van der Waals surface area (Å²) in [6, 6.07) is 1.26. The van der Waals surface area contributed by atoms with Gasteiger partial charge in [-0.15, -0.1) is 5.10 Å². The molecule has 0 atom stereocenters. The second-order valence-electron chi connectivity index (χ2n) is 3.69. The van der Waals surface area contributed by atoms with E-state index in [1.807, 2.05) is 4.98 Å². The smallest absolute Gasteiger partial charge is 0.337 e. The number of hydrogen-bond acceptors (Lipinski definition) is 6. The van der Waals surface area contributed by atoms with Crippen molar-refractivity contribution in [1.82, 2.24) is 24.7 Å². The van der Waals surface area contributed by atoms with Gasteiger partial charge < -0.3 is 4.74 Å². The van der Waals surface area contributed by atoms with Crippen LogP contribution >= 0.6 is 0 Å². The molecule has 0 bridgehead atoms. The molecule has 0 saturated carbocycles. The van der Waals surface area contributed by atoms with Crippen LogP contribution in [-0.2, 0) is 11.3 Å². The number of nitrogens with one attached hydrogen (secondary N) is 3. The van der Waals surface area contributed by atoms with Crippen molar-refractivity contribution in [3.63, 3.8) is 0 Å². The Hall–Kier alpha value is -2.91. The largest absolute Gasteiger partial charge is 0.463 e. The molecule has 2 heterocycles. The number of carbonyl (C=O) groups is 1. The minimum Gasteiger partial charge on any atom is -0.463 e. The first-order chi connectivity index (χ1) is 9.58. The van der Waals surface area contributed by atoms with Gasteiger partial charge in [0.15, 0.2) is 0 Å². The Labute approximate surface area is 111 Å². The lowest BCUT2D eigenvalue weighted by Crippen LogP contribution is -2.32. The maximum atomic E-state index is 11.7. The second kappa shape index (κ2) is 5.82. The van der Waals surface area contributed by atoms with Crippen LogP contribution in [0.25, 0.3) is 0 Å². The van der Waals surface area contributed by atoms with E-state index in [-0.39, 0.29) is 18.5 Å². The molecular weight excluding hydrogens is 268 g/mol. The molecule has 2 rings (SSSR count). The van der Waals surface area contributed by atoms with E-state index in [0.717, 1.165) is 10.6 Å². The van der Waals surface area contributed by atoms with Crippen molar-refractivity contribution < 1.29 is 9.53 Å². The number of aromatic amines is 2. The molecule has 2 aromatic rings. The molecule has 0 saturated heterocycles. The first-order valence-corrected chi connectivity index (χ1v) is 5.73. The van der Waals surface area contributed by atoms with Gasteiger partial charge in [0.2, 0.25) is 11.9 Å². The fourth-order valence-electron chi connectivity index (χ4n) is 1.39. The third kappa shape index (κ3) is 3.31. The fraction of sp³-hybridized carbons (Fsp3) is 0.300. The summed E-state index contributed by atoms with van der Waals surface area (Å²) in [6.07, 6.45) is 1.23. The zero-order valence-corrected chi connectivity index (χ0v) is 10.5. The molecule has 0 aliphatic rings. The summed E-state index contributed by atoms with van der Waals surface area (Å²) in [7, 11) is 0. The van der Waals surface area contributed by atoms with Crippen LogP contribution in [0.2, 0.25) is 0 Å². The van der Waals surface area contributed by atoms with Gasteiger partial charge >= 0.3 is 11.7 Å². The van der Waals surface area contributed by atoms with E-state index in [0.29, 0.717) is 6.61 Å². The Morgan fingerprint density at radius 2 is 2.30 bits per heavy atom. The van der Waals surface area contributed by atoms with Crippen LogP contribution in [-0.4, -0.2) is 37.2 Å². The van der Waals surface area contributed by atoms with Crippen molar-refractivity contribution in [2.24, 2.45) is 0 Å². The number of carbonyl (C=O) groups excluding carboxylic acids is 1. The average molecular weight is 280 g/mol. The van der Waals surface area contributed by atoms with Crippen LogP contribution in [0.15, 0.2) is 21.9 Å². The molecule has 0 aliphatic heterocycles. The molecule has 0 aromatic carbocycles. The standard InChI is InChI=1S/C10H12N6O4/c1-2-20-9-13-8(14-15-9)11-7(18)5-16-4-3-6(17)12-10(16)19/h3-4H,2,5H2,1H3,(H,12,17,19)(H2,11,13,14,15,18). The van der Waals surface area contributed by atoms with Crippen LogP contribution in [0.5, 0.6) is 6.01 Å². The summed E-state index contributed by atoms with van der Waals surface area (Å²) in [4.78, 5) is 39.9. The lowest BCUT2D eigenvalue weighted by Gasteiger charge is -2.03. The topological polar surface area (TPSA) is 135 Å². The molecule has 0 unspecified atom stereocenters. The van der Waals surface area contributed by atoms with Gasteiger partial charge in [0.05, 0.1) is 6.61 Å². The van der Waals surface area contributed by atoms with E-state index in [4.69, 9.17) is 4.74 Å². The van der Waals surface area contributed by atoms with Crippen molar-refractivity contribution in [3.8, 4) is 6.01 Å². The quantitative estimate of drug-likeness (QED) is 0.622. The van der Waals surface area contributed by atoms with Gasteiger partial charge in [0, 0.05) is 12.3 Å². The average Bonchev–Trinajstić information content (AvgIpc) is 2.81. The number of anilines is 1. The SMILES string of the molecule is CCOc1n[nH]c(NC(=O)Cn2ccc(=O)[nH]c2=O)n1. The van der Waals surface area contributed by atoms with Crippen LogP contribution in [0, 0.1) is 0 Å². The molecule has 0 fully saturated rings. The lowest BCUT2D eigenvalue weighted by atomic mass is 10.5. The molecule has 2 aromatic heterocycles. The summed E-state index contributed by atoms with van der Waals surface area (Å²) in [5, 5.41) is 8.59. The summed E-state index contributed by atoms with van der Waals surface area (Å²) in [5.74, 6) is -0.394. The van der Waals surface area contributed by atoms with Gasteiger partial charge in [-0.2, -0.15) is 4.98 Å². The number of amides is 1. The fourth-order valence-corrected chi connectivity index (χ4v) is 1.39. The molecule has 3 N–H and O–H groups in total. The highest BCUT2D eigenvalue weighted by Gasteiger charge is 2.09. The molecule has 20 heavy (non-hydrogen) atoms. The van der Waals surface area contributed by atoms with Crippen LogP contribution < -0.4 is 21.3 Å². The molecule has 10 nitrogen and oxygen atoms in total. The predicted molar refractivity (Wildman–Crippen MR) is 67.5 cm³/mol. The third-order valence-corrected chi connectivity index (χ3v) is 2.21. The van der Waals surface area contributed by atoms with E-state index in [1.54, 1.807) is 6.92 Å². The normalized spacial score (nSPS) is 10.2. The van der Waals surface area contributed by atoms with E-state index in [1.165, 1.54) is 6.20 Å². The van der Waals surface area contributed by atoms with Gasteiger partial charge in [-0.25, -0.2) is 9.89 Å². The molecule has 106 valence electrons. The van der Waals surface area contributed by atoms with Crippen molar-refractivity contribution in [2.45, 2.75) is 13.5 Å². The van der Waals surface area contributed by atoms with E-state index < -0.39 is 17.2 Å². The first kappa shape index (κ1) is 13.5. The molecule has 10 heteroatoms. The molecule has 0 spiro atoms. The molecular formula is C10H12N6O4. The number of hydrogen-bond donors (Lipinski definition) is 3. The summed E-state index contributed by atoms with van der Waals surface area (Å²) in [6.45, 7) is 1.91. The first-order valence-electron chi connectivity index (χ1n) is 5.73. The predicted octanol–water partition coefficient (Wildman–Crippen LogP) is -1.31. The van der Waals surface area contributed by atoms with Gasteiger partial charge in [-0.1, -0.05) is 0 Å². The monoisotopic (exact) mass is 280 g/mol. The minimum atomic E-state index is -0.666. The third-order valence-electron chi connectivity index (χ3n) is 2.21. The van der Waals surface area contributed by atoms with Crippen molar-refractivity contribution >= 4 is 11.9 Å². The number of aromatic nitrogens is 5. The molecule has 1 amide bonds. The number of rotatable bonds is 5.